The number of ether oxygens (including phenoxy) is 1. The number of imide groups is 1. The smallest absolute Gasteiger partial charge is 0.273 e. The molecule has 1 N–H and O–H groups in total. The topological polar surface area (TPSA) is 119 Å². The van der Waals surface area contributed by atoms with Crippen molar-refractivity contribution in [3.05, 3.63) is 63.7 Å². The van der Waals surface area contributed by atoms with Crippen LogP contribution >= 0.6 is 0 Å². The summed E-state index contributed by atoms with van der Waals surface area (Å²) in [6, 6.07) is 9.16. The minimum Gasteiger partial charge on any atom is -0.494 e. The summed E-state index contributed by atoms with van der Waals surface area (Å²) in [6.07, 6.45) is 0.257. The lowest BCUT2D eigenvalue weighted by Gasteiger charge is -2.27. The second-order valence-electron chi connectivity index (χ2n) is 7.30. The van der Waals surface area contributed by atoms with Crippen LogP contribution in [0.1, 0.15) is 41.0 Å². The van der Waals surface area contributed by atoms with E-state index in [1.807, 2.05) is 13.8 Å². The van der Waals surface area contributed by atoms with Crippen molar-refractivity contribution < 1.29 is 24.0 Å². The van der Waals surface area contributed by atoms with E-state index in [2.05, 4.69) is 5.32 Å². The Kier molecular flexibility index (Phi) is 5.81. The summed E-state index contributed by atoms with van der Waals surface area (Å²) >= 11 is 0. The number of nitro benzene ring substituents is 1. The van der Waals surface area contributed by atoms with E-state index in [-0.39, 0.29) is 40.6 Å². The van der Waals surface area contributed by atoms with Crippen LogP contribution in [0.25, 0.3) is 0 Å². The van der Waals surface area contributed by atoms with Crippen molar-refractivity contribution in [1.82, 2.24) is 4.90 Å². The Balaban J connectivity index is 1.92. The quantitative estimate of drug-likeness (QED) is 0.424. The van der Waals surface area contributed by atoms with Gasteiger partial charge in [-0.15, -0.1) is 0 Å². The first-order valence-electron chi connectivity index (χ1n) is 9.34. The molecule has 1 aliphatic rings. The Bertz CT molecular complexity index is 998. The van der Waals surface area contributed by atoms with Crippen LogP contribution in [0.4, 0.5) is 11.4 Å². The van der Waals surface area contributed by atoms with E-state index in [1.165, 1.54) is 25.3 Å². The van der Waals surface area contributed by atoms with Gasteiger partial charge in [0.1, 0.15) is 11.8 Å². The lowest BCUT2D eigenvalue weighted by atomic mass is 10.0. The fourth-order valence-corrected chi connectivity index (χ4v) is 3.38. The van der Waals surface area contributed by atoms with Crippen LogP contribution in [-0.2, 0) is 4.79 Å². The molecule has 2 aromatic rings. The van der Waals surface area contributed by atoms with Gasteiger partial charge < -0.3 is 10.1 Å². The average Bonchev–Trinajstić information content (AvgIpc) is 2.96. The predicted octanol–water partition coefficient (Wildman–Crippen LogP) is 3.25. The molecule has 3 rings (SSSR count). The molecule has 0 aliphatic carbocycles. The Morgan fingerprint density at radius 1 is 1.13 bits per heavy atom. The van der Waals surface area contributed by atoms with Crippen LogP contribution in [0.2, 0.25) is 0 Å². The van der Waals surface area contributed by atoms with E-state index in [9.17, 15) is 24.5 Å². The second kappa shape index (κ2) is 8.32. The van der Waals surface area contributed by atoms with Crippen LogP contribution in [0, 0.1) is 16.0 Å². The Hall–Kier alpha value is -3.75. The third kappa shape index (κ3) is 3.86. The lowest BCUT2D eigenvalue weighted by Crippen LogP contribution is -2.48. The fourth-order valence-electron chi connectivity index (χ4n) is 3.38. The summed E-state index contributed by atoms with van der Waals surface area (Å²) in [6.45, 7) is 3.76. The SMILES string of the molecule is COc1cc([N+](=O)[O-])ccc1NC(=O)C(CC(C)C)N1C(=O)c2ccccc2C1=O. The van der Waals surface area contributed by atoms with Crippen LogP contribution in [-0.4, -0.2) is 40.7 Å². The second-order valence-corrected chi connectivity index (χ2v) is 7.30. The highest BCUT2D eigenvalue weighted by Gasteiger charge is 2.42. The van der Waals surface area contributed by atoms with Crippen LogP contribution in [0.5, 0.6) is 5.75 Å². The van der Waals surface area contributed by atoms with E-state index < -0.39 is 28.7 Å². The Morgan fingerprint density at radius 3 is 2.23 bits per heavy atom. The van der Waals surface area contributed by atoms with Crippen molar-refractivity contribution in [2.24, 2.45) is 5.92 Å². The molecular formula is C21H21N3O6. The highest BCUT2D eigenvalue weighted by atomic mass is 16.6. The van der Waals surface area contributed by atoms with Crippen molar-refractivity contribution in [2.45, 2.75) is 26.3 Å². The Morgan fingerprint density at radius 2 is 1.73 bits per heavy atom. The molecule has 0 radical (unpaired) electrons. The van der Waals surface area contributed by atoms with Crippen molar-refractivity contribution in [1.29, 1.82) is 0 Å². The monoisotopic (exact) mass is 411 g/mol. The molecule has 1 heterocycles. The number of nitrogens with one attached hydrogen (secondary N) is 1. The van der Waals surface area contributed by atoms with Gasteiger partial charge in [0.2, 0.25) is 5.91 Å². The lowest BCUT2D eigenvalue weighted by molar-refractivity contribution is -0.384. The highest BCUT2D eigenvalue weighted by molar-refractivity contribution is 6.23. The molecule has 0 saturated heterocycles. The standard InChI is InChI=1S/C21H21N3O6/c1-12(2)10-17(23-20(26)14-6-4-5-7-15(14)21(23)27)19(25)22-16-9-8-13(24(28)29)11-18(16)30-3/h4-9,11-12,17H,10H2,1-3H3,(H,22,25). The van der Waals surface area contributed by atoms with Gasteiger partial charge in [-0.3, -0.25) is 29.4 Å². The summed E-state index contributed by atoms with van der Waals surface area (Å²) in [7, 11) is 1.32. The summed E-state index contributed by atoms with van der Waals surface area (Å²) in [5.41, 5.74) is 0.538. The van der Waals surface area contributed by atoms with Crippen molar-refractivity contribution in [2.75, 3.05) is 12.4 Å². The van der Waals surface area contributed by atoms with E-state index in [1.54, 1.807) is 24.3 Å². The molecule has 9 heteroatoms. The van der Waals surface area contributed by atoms with Crippen LogP contribution in [0.3, 0.4) is 0 Å². The van der Waals surface area contributed by atoms with Crippen molar-refractivity contribution >= 4 is 29.1 Å². The van der Waals surface area contributed by atoms with Gasteiger partial charge in [-0.1, -0.05) is 26.0 Å². The van der Waals surface area contributed by atoms with E-state index >= 15 is 0 Å². The number of carbonyl (C=O) groups is 3. The molecule has 0 aromatic heterocycles. The number of hydrogen-bond acceptors (Lipinski definition) is 6. The van der Waals surface area contributed by atoms with Gasteiger partial charge in [-0.2, -0.15) is 0 Å². The number of hydrogen-bond donors (Lipinski definition) is 1. The molecule has 1 unspecified atom stereocenters. The molecule has 0 saturated carbocycles. The number of non-ortho nitro benzene ring substituents is 1. The predicted molar refractivity (Wildman–Crippen MR) is 108 cm³/mol. The number of nitro groups is 1. The largest absolute Gasteiger partial charge is 0.494 e. The zero-order valence-corrected chi connectivity index (χ0v) is 16.7. The molecule has 3 amide bonds. The number of nitrogens with zero attached hydrogens (tertiary/aromatic N) is 2. The van der Waals surface area contributed by atoms with Gasteiger partial charge in [-0.25, -0.2) is 0 Å². The first kappa shape index (κ1) is 21.0. The maximum absolute atomic E-state index is 13.1. The van der Waals surface area contributed by atoms with Crippen molar-refractivity contribution in [3.63, 3.8) is 0 Å². The van der Waals surface area contributed by atoms with E-state index in [4.69, 9.17) is 4.74 Å². The van der Waals surface area contributed by atoms with Gasteiger partial charge in [0.25, 0.3) is 17.5 Å². The van der Waals surface area contributed by atoms with E-state index in [0.29, 0.717) is 0 Å². The molecule has 9 nitrogen and oxygen atoms in total. The third-order valence-corrected chi connectivity index (χ3v) is 4.79. The van der Waals surface area contributed by atoms with Gasteiger partial charge in [0.15, 0.2) is 0 Å². The molecule has 0 fully saturated rings. The number of benzene rings is 2. The van der Waals surface area contributed by atoms with Gasteiger partial charge in [-0.05, 0) is 30.5 Å². The number of fused-ring (bicyclic) bond motifs is 1. The molecule has 0 bridgehead atoms. The molecular weight excluding hydrogens is 390 g/mol. The third-order valence-electron chi connectivity index (χ3n) is 4.79. The number of rotatable bonds is 7. The number of carbonyl (C=O) groups excluding carboxylic acids is 3. The molecule has 1 aliphatic heterocycles. The minimum atomic E-state index is -1.04. The number of amides is 3. The minimum absolute atomic E-state index is 0.0174. The normalized spacial score (nSPS) is 13.9. The first-order chi connectivity index (χ1) is 14.2. The summed E-state index contributed by atoms with van der Waals surface area (Å²) < 4.78 is 5.15. The maximum atomic E-state index is 13.1. The summed E-state index contributed by atoms with van der Waals surface area (Å²) in [5.74, 6) is -1.50. The van der Waals surface area contributed by atoms with Crippen molar-refractivity contribution in [3.8, 4) is 5.75 Å². The average molecular weight is 411 g/mol. The van der Waals surface area contributed by atoms with Gasteiger partial charge in [0.05, 0.1) is 34.9 Å². The van der Waals surface area contributed by atoms with Gasteiger partial charge >= 0.3 is 0 Å². The van der Waals surface area contributed by atoms with Gasteiger partial charge in [0, 0.05) is 6.07 Å². The van der Waals surface area contributed by atoms with Crippen LogP contribution < -0.4 is 10.1 Å². The molecule has 1 atom stereocenters. The zero-order valence-electron chi connectivity index (χ0n) is 16.7. The molecule has 30 heavy (non-hydrogen) atoms. The first-order valence-corrected chi connectivity index (χ1v) is 9.34. The molecule has 156 valence electrons. The molecule has 0 spiro atoms. The van der Waals surface area contributed by atoms with E-state index in [0.717, 1.165) is 4.90 Å². The fraction of sp³-hybridized carbons (Fsp3) is 0.286. The van der Waals surface area contributed by atoms with Crippen LogP contribution in [0.15, 0.2) is 42.5 Å². The summed E-state index contributed by atoms with van der Waals surface area (Å²) in [5, 5.41) is 13.6. The number of anilines is 1. The summed E-state index contributed by atoms with van der Waals surface area (Å²) in [4.78, 5) is 50.2. The molecule has 2 aromatic carbocycles. The number of methoxy groups -OCH3 is 1. The maximum Gasteiger partial charge on any atom is 0.273 e. The Labute approximate surface area is 172 Å². The highest BCUT2D eigenvalue weighted by Crippen LogP contribution is 2.31. The zero-order chi connectivity index (χ0) is 22.0.